The number of carbonyl (C=O) groups is 1. The average Bonchev–Trinajstić information content (AvgIpc) is 2.28. The van der Waals surface area contributed by atoms with Crippen molar-refractivity contribution in [2.45, 2.75) is 26.2 Å². The third-order valence-corrected chi connectivity index (χ3v) is 4.04. The molecule has 104 valence electrons. The fraction of sp³-hybridized carbons (Fsp3) is 0.500. The van der Waals surface area contributed by atoms with Crippen molar-refractivity contribution in [3.8, 4) is 0 Å². The fourth-order valence-electron chi connectivity index (χ4n) is 2.49. The largest absolute Gasteiger partial charge is 0.399 e. The minimum absolute atomic E-state index is 0.408. The van der Waals surface area contributed by atoms with Gasteiger partial charge in [-0.25, -0.2) is 0 Å². The Morgan fingerprint density at radius 2 is 2.16 bits per heavy atom. The van der Waals surface area contributed by atoms with Gasteiger partial charge in [0.2, 0.25) is 0 Å². The average molecular weight is 282 g/mol. The van der Waals surface area contributed by atoms with Crippen LogP contribution in [0, 0.1) is 5.92 Å². The van der Waals surface area contributed by atoms with E-state index in [2.05, 4.69) is 11.8 Å². The number of anilines is 2. The van der Waals surface area contributed by atoms with Crippen LogP contribution < -0.4 is 16.4 Å². The third kappa shape index (κ3) is 2.95. The van der Waals surface area contributed by atoms with Crippen LogP contribution in [0.25, 0.3) is 0 Å². The van der Waals surface area contributed by atoms with E-state index < -0.39 is 5.91 Å². The summed E-state index contributed by atoms with van der Waals surface area (Å²) >= 11 is 6.27. The van der Waals surface area contributed by atoms with Crippen LogP contribution in [-0.2, 0) is 0 Å². The van der Waals surface area contributed by atoms with Gasteiger partial charge in [0.15, 0.2) is 0 Å². The van der Waals surface area contributed by atoms with Gasteiger partial charge in [-0.1, -0.05) is 18.0 Å². The minimum atomic E-state index is -0.490. The topological polar surface area (TPSA) is 72.3 Å². The fourth-order valence-corrected chi connectivity index (χ4v) is 2.84. The molecule has 0 aliphatic heterocycles. The quantitative estimate of drug-likeness (QED) is 0.815. The van der Waals surface area contributed by atoms with E-state index in [9.17, 15) is 4.79 Å². The lowest BCUT2D eigenvalue weighted by molar-refractivity contribution is 0.100. The molecule has 1 aliphatic carbocycles. The van der Waals surface area contributed by atoms with Crippen LogP contribution in [0.15, 0.2) is 12.1 Å². The van der Waals surface area contributed by atoms with Crippen LogP contribution in [-0.4, -0.2) is 19.0 Å². The Hall–Kier alpha value is -1.42. The molecule has 0 spiro atoms. The molecule has 0 bridgehead atoms. The van der Waals surface area contributed by atoms with E-state index in [1.165, 1.54) is 19.3 Å². The number of primary amides is 1. The molecule has 0 aromatic heterocycles. The van der Waals surface area contributed by atoms with E-state index in [0.717, 1.165) is 18.8 Å². The highest BCUT2D eigenvalue weighted by Gasteiger charge is 2.24. The molecule has 0 unspecified atom stereocenters. The Bertz CT molecular complexity index is 486. The molecule has 1 saturated carbocycles. The third-order valence-electron chi connectivity index (χ3n) is 3.75. The SMILES string of the molecule is CCN(CC1CCC1)c1c(Cl)cc(N)cc1C(N)=O. The monoisotopic (exact) mass is 281 g/mol. The Morgan fingerprint density at radius 1 is 1.47 bits per heavy atom. The minimum Gasteiger partial charge on any atom is -0.399 e. The van der Waals surface area contributed by atoms with Crippen molar-refractivity contribution >= 4 is 28.9 Å². The summed E-state index contributed by atoms with van der Waals surface area (Å²) in [6.07, 6.45) is 3.78. The molecule has 1 aromatic carbocycles. The molecule has 2 rings (SSSR count). The van der Waals surface area contributed by atoms with Gasteiger partial charge in [0.25, 0.3) is 5.91 Å². The van der Waals surface area contributed by atoms with E-state index in [0.29, 0.717) is 22.2 Å². The zero-order chi connectivity index (χ0) is 14.0. The van der Waals surface area contributed by atoms with Crippen molar-refractivity contribution in [2.75, 3.05) is 23.7 Å². The highest BCUT2D eigenvalue weighted by Crippen LogP contribution is 2.35. The summed E-state index contributed by atoms with van der Waals surface area (Å²) in [5, 5.41) is 0.495. The number of rotatable bonds is 5. The summed E-state index contributed by atoms with van der Waals surface area (Å²) in [5.41, 5.74) is 12.8. The second kappa shape index (κ2) is 5.70. The number of benzene rings is 1. The van der Waals surface area contributed by atoms with Gasteiger partial charge in [0.1, 0.15) is 0 Å². The smallest absolute Gasteiger partial charge is 0.250 e. The molecule has 5 heteroatoms. The second-order valence-electron chi connectivity index (χ2n) is 5.10. The van der Waals surface area contributed by atoms with Crippen molar-refractivity contribution in [3.05, 3.63) is 22.7 Å². The molecule has 1 amide bonds. The predicted octanol–water partition coefficient (Wildman–Crippen LogP) is 2.65. The van der Waals surface area contributed by atoms with Crippen LogP contribution in [0.3, 0.4) is 0 Å². The first kappa shape index (κ1) is 14.0. The molecule has 4 N–H and O–H groups in total. The van der Waals surface area contributed by atoms with E-state index in [4.69, 9.17) is 23.1 Å². The number of nitrogen functional groups attached to an aromatic ring is 1. The van der Waals surface area contributed by atoms with E-state index in [-0.39, 0.29) is 0 Å². The molecule has 0 radical (unpaired) electrons. The molecular weight excluding hydrogens is 262 g/mol. The van der Waals surface area contributed by atoms with Crippen LogP contribution in [0.2, 0.25) is 5.02 Å². The van der Waals surface area contributed by atoms with Gasteiger partial charge in [-0.15, -0.1) is 0 Å². The van der Waals surface area contributed by atoms with Gasteiger partial charge in [0, 0.05) is 18.8 Å². The maximum Gasteiger partial charge on any atom is 0.250 e. The van der Waals surface area contributed by atoms with Gasteiger partial charge in [-0.2, -0.15) is 0 Å². The maximum absolute atomic E-state index is 11.6. The summed E-state index contributed by atoms with van der Waals surface area (Å²) in [5.74, 6) is 0.200. The summed E-state index contributed by atoms with van der Waals surface area (Å²) in [4.78, 5) is 13.7. The molecule has 0 atom stereocenters. The van der Waals surface area contributed by atoms with Crippen molar-refractivity contribution < 1.29 is 4.79 Å². The highest BCUT2D eigenvalue weighted by atomic mass is 35.5. The zero-order valence-electron chi connectivity index (χ0n) is 11.2. The molecular formula is C14H20ClN3O. The molecule has 1 aromatic rings. The molecule has 19 heavy (non-hydrogen) atoms. The number of carbonyl (C=O) groups excluding carboxylic acids is 1. The van der Waals surface area contributed by atoms with Crippen LogP contribution >= 0.6 is 11.6 Å². The van der Waals surface area contributed by atoms with Crippen LogP contribution in [0.1, 0.15) is 36.5 Å². The first-order valence-corrected chi connectivity index (χ1v) is 7.04. The van der Waals surface area contributed by atoms with Gasteiger partial charge in [-0.3, -0.25) is 4.79 Å². The Labute approximate surface area is 118 Å². The summed E-state index contributed by atoms with van der Waals surface area (Å²) < 4.78 is 0. The molecule has 0 heterocycles. The highest BCUT2D eigenvalue weighted by molar-refractivity contribution is 6.34. The normalized spacial score (nSPS) is 15.1. The van der Waals surface area contributed by atoms with Crippen molar-refractivity contribution in [2.24, 2.45) is 11.7 Å². The Balaban J connectivity index is 2.36. The molecule has 4 nitrogen and oxygen atoms in total. The van der Waals surface area contributed by atoms with Crippen LogP contribution in [0.5, 0.6) is 0 Å². The van der Waals surface area contributed by atoms with Crippen LogP contribution in [0.4, 0.5) is 11.4 Å². The maximum atomic E-state index is 11.6. The molecule has 1 aliphatic rings. The Morgan fingerprint density at radius 3 is 2.63 bits per heavy atom. The number of nitrogens with zero attached hydrogens (tertiary/aromatic N) is 1. The standard InChI is InChI=1S/C14H20ClN3O/c1-2-18(8-9-4-3-5-9)13-11(14(17)19)6-10(16)7-12(13)15/h6-7,9H,2-5,8,16H2,1H3,(H2,17,19). The molecule has 0 saturated heterocycles. The lowest BCUT2D eigenvalue weighted by atomic mass is 9.85. The molecule has 1 fully saturated rings. The number of nitrogens with two attached hydrogens (primary N) is 2. The first-order valence-electron chi connectivity index (χ1n) is 6.66. The lowest BCUT2D eigenvalue weighted by Crippen LogP contribution is -2.34. The van der Waals surface area contributed by atoms with Gasteiger partial charge < -0.3 is 16.4 Å². The zero-order valence-corrected chi connectivity index (χ0v) is 11.9. The summed E-state index contributed by atoms with van der Waals surface area (Å²) in [6.45, 7) is 3.76. The predicted molar refractivity (Wildman–Crippen MR) is 79.6 cm³/mol. The summed E-state index contributed by atoms with van der Waals surface area (Å²) in [6, 6.07) is 3.28. The van der Waals surface area contributed by atoms with Gasteiger partial charge >= 0.3 is 0 Å². The van der Waals surface area contributed by atoms with Crippen molar-refractivity contribution in [1.29, 1.82) is 0 Å². The van der Waals surface area contributed by atoms with Gasteiger partial charge in [-0.05, 0) is 37.8 Å². The van der Waals surface area contributed by atoms with E-state index in [1.54, 1.807) is 12.1 Å². The number of hydrogen-bond donors (Lipinski definition) is 2. The first-order chi connectivity index (χ1) is 9.02. The van der Waals surface area contributed by atoms with E-state index >= 15 is 0 Å². The number of hydrogen-bond acceptors (Lipinski definition) is 3. The number of amides is 1. The lowest BCUT2D eigenvalue weighted by Gasteiger charge is -2.34. The Kier molecular flexibility index (Phi) is 4.20. The van der Waals surface area contributed by atoms with Gasteiger partial charge in [0.05, 0.1) is 16.3 Å². The second-order valence-corrected chi connectivity index (χ2v) is 5.51. The number of halogens is 1. The van der Waals surface area contributed by atoms with Crippen molar-refractivity contribution in [3.63, 3.8) is 0 Å². The van der Waals surface area contributed by atoms with E-state index in [1.807, 2.05) is 0 Å². The summed E-state index contributed by atoms with van der Waals surface area (Å²) in [7, 11) is 0. The van der Waals surface area contributed by atoms with Crippen molar-refractivity contribution in [1.82, 2.24) is 0 Å².